The molecule has 1 aromatic carbocycles. The minimum atomic E-state index is -0.889. The lowest BCUT2D eigenvalue weighted by Crippen LogP contribution is -2.14. The number of aryl methyl sites for hydroxylation is 3. The fourth-order valence-corrected chi connectivity index (χ4v) is 3.98. The van der Waals surface area contributed by atoms with Gasteiger partial charge in [-0.15, -0.1) is 0 Å². The molecule has 0 spiro atoms. The van der Waals surface area contributed by atoms with Crippen LogP contribution in [0.2, 0.25) is 0 Å². The summed E-state index contributed by atoms with van der Waals surface area (Å²) >= 11 is 0. The van der Waals surface area contributed by atoms with E-state index < -0.39 is 11.6 Å². The van der Waals surface area contributed by atoms with E-state index in [2.05, 4.69) is 22.4 Å². The highest BCUT2D eigenvalue weighted by Gasteiger charge is 2.11. The highest BCUT2D eigenvalue weighted by molar-refractivity contribution is 5.79. The van der Waals surface area contributed by atoms with Gasteiger partial charge in [0.25, 0.3) is 0 Å². The summed E-state index contributed by atoms with van der Waals surface area (Å²) in [6, 6.07) is 8.38. The van der Waals surface area contributed by atoms with E-state index in [1.807, 2.05) is 6.07 Å². The van der Waals surface area contributed by atoms with E-state index in [0.29, 0.717) is 23.7 Å². The number of benzene rings is 1. The van der Waals surface area contributed by atoms with Crippen LogP contribution in [0.5, 0.6) is 0 Å². The maximum atomic E-state index is 13.4. The molecule has 3 heterocycles. The smallest absolute Gasteiger partial charge is 0.161 e. The molecule has 0 fully saturated rings. The van der Waals surface area contributed by atoms with Crippen LogP contribution in [0, 0.1) is 11.6 Å². The zero-order valence-corrected chi connectivity index (χ0v) is 17.0. The van der Waals surface area contributed by atoms with Crippen molar-refractivity contribution in [3.63, 3.8) is 0 Å². The number of aromatic nitrogens is 2. The Morgan fingerprint density at radius 3 is 2.80 bits per heavy atom. The summed E-state index contributed by atoms with van der Waals surface area (Å²) in [6.45, 7) is 0.994. The first-order valence-corrected chi connectivity index (χ1v) is 10.7. The molecule has 0 radical (unpaired) electrons. The van der Waals surface area contributed by atoms with Crippen molar-refractivity contribution >= 4 is 16.7 Å². The number of hydrogen-bond donors (Lipinski definition) is 2. The first-order chi connectivity index (χ1) is 14.6. The van der Waals surface area contributed by atoms with Crippen molar-refractivity contribution < 1.29 is 13.9 Å². The van der Waals surface area contributed by atoms with Gasteiger partial charge in [-0.25, -0.2) is 13.8 Å². The Morgan fingerprint density at radius 2 is 1.90 bits per heavy atom. The van der Waals surface area contributed by atoms with Crippen LogP contribution in [0.1, 0.15) is 48.9 Å². The predicted molar refractivity (Wildman–Crippen MR) is 115 cm³/mol. The highest BCUT2D eigenvalue weighted by atomic mass is 19.2. The minimum absolute atomic E-state index is 0.385. The molecule has 2 N–H and O–H groups in total. The van der Waals surface area contributed by atoms with Crippen molar-refractivity contribution in [1.29, 1.82) is 0 Å². The number of aliphatic hydroxyl groups excluding tert-OH is 1. The number of nitrogens with zero attached hydrogens (tertiary/aromatic N) is 2. The first-order valence-electron chi connectivity index (χ1n) is 10.7. The number of hydrogen-bond acceptors (Lipinski definition) is 4. The van der Waals surface area contributed by atoms with Crippen LogP contribution in [0.3, 0.4) is 0 Å². The van der Waals surface area contributed by atoms with Crippen molar-refractivity contribution in [2.24, 2.45) is 0 Å². The van der Waals surface area contributed by atoms with Gasteiger partial charge in [-0.3, -0.25) is 4.98 Å². The maximum Gasteiger partial charge on any atom is 0.161 e. The molecule has 1 aliphatic heterocycles. The Bertz CT molecular complexity index is 1020. The molecule has 0 aliphatic carbocycles. The molecule has 1 atom stereocenters. The second kappa shape index (κ2) is 9.47. The third-order valence-corrected chi connectivity index (χ3v) is 5.72. The monoisotopic (exact) mass is 411 g/mol. The molecule has 0 saturated heterocycles. The molecule has 1 aliphatic rings. The molecule has 0 bridgehead atoms. The van der Waals surface area contributed by atoms with Gasteiger partial charge in [-0.2, -0.15) is 0 Å². The topological polar surface area (TPSA) is 58.0 Å². The average molecular weight is 411 g/mol. The van der Waals surface area contributed by atoms with Gasteiger partial charge in [0.15, 0.2) is 11.6 Å². The Labute approximate surface area is 175 Å². The van der Waals surface area contributed by atoms with E-state index in [9.17, 15) is 13.9 Å². The van der Waals surface area contributed by atoms with Crippen LogP contribution in [0.25, 0.3) is 10.9 Å². The van der Waals surface area contributed by atoms with Gasteiger partial charge >= 0.3 is 0 Å². The fourth-order valence-electron chi connectivity index (χ4n) is 3.98. The molecule has 2 aromatic heterocycles. The normalized spacial score (nSPS) is 14.4. The maximum absolute atomic E-state index is 13.4. The molecule has 3 aromatic rings. The van der Waals surface area contributed by atoms with E-state index in [-0.39, 0.29) is 6.10 Å². The van der Waals surface area contributed by atoms with Crippen molar-refractivity contribution in [3.8, 4) is 0 Å². The van der Waals surface area contributed by atoms with Gasteiger partial charge in [0.05, 0.1) is 11.6 Å². The molecule has 0 amide bonds. The summed E-state index contributed by atoms with van der Waals surface area (Å²) in [5, 5.41) is 14.2. The third kappa shape index (κ3) is 5.11. The molecule has 30 heavy (non-hydrogen) atoms. The molecule has 4 rings (SSSR count). The largest absolute Gasteiger partial charge is 0.393 e. The average Bonchev–Trinajstić information content (AvgIpc) is 2.76. The van der Waals surface area contributed by atoms with Crippen LogP contribution >= 0.6 is 0 Å². The number of nitrogens with one attached hydrogen (secondary N) is 1. The van der Waals surface area contributed by atoms with Crippen LogP contribution in [0.4, 0.5) is 14.6 Å². The van der Waals surface area contributed by atoms with Crippen molar-refractivity contribution in [3.05, 3.63) is 65.0 Å². The zero-order valence-electron chi connectivity index (χ0n) is 17.0. The van der Waals surface area contributed by atoms with Gasteiger partial charge in [0.2, 0.25) is 0 Å². The SMILES string of the molecule is OC(CCCCc1ccc2c(n1)NCCC2)CCc1cnc2cc(F)c(F)cc2c1. The van der Waals surface area contributed by atoms with E-state index in [0.717, 1.165) is 68.2 Å². The Kier molecular flexibility index (Phi) is 6.53. The number of anilines is 1. The number of rotatable bonds is 8. The minimum Gasteiger partial charge on any atom is -0.393 e. The van der Waals surface area contributed by atoms with Crippen molar-refractivity contribution in [2.45, 2.75) is 57.5 Å². The van der Waals surface area contributed by atoms with E-state index in [1.165, 1.54) is 11.6 Å². The molecule has 6 heteroatoms. The Morgan fingerprint density at radius 1 is 1.03 bits per heavy atom. The highest BCUT2D eigenvalue weighted by Crippen LogP contribution is 2.21. The lowest BCUT2D eigenvalue weighted by atomic mass is 10.0. The lowest BCUT2D eigenvalue weighted by Gasteiger charge is -2.17. The molecule has 4 nitrogen and oxygen atoms in total. The Hall–Kier alpha value is -2.60. The van der Waals surface area contributed by atoms with E-state index >= 15 is 0 Å². The van der Waals surface area contributed by atoms with Crippen LogP contribution in [-0.4, -0.2) is 27.7 Å². The summed E-state index contributed by atoms with van der Waals surface area (Å²) in [4.78, 5) is 8.91. The van der Waals surface area contributed by atoms with Crippen LogP contribution < -0.4 is 5.32 Å². The summed E-state index contributed by atoms with van der Waals surface area (Å²) in [6.07, 6.45) is 8.41. The second-order valence-electron chi connectivity index (χ2n) is 8.08. The van der Waals surface area contributed by atoms with E-state index in [4.69, 9.17) is 4.98 Å². The molecule has 158 valence electrons. The quantitative estimate of drug-likeness (QED) is 0.514. The van der Waals surface area contributed by atoms with Crippen molar-refractivity contribution in [1.82, 2.24) is 9.97 Å². The van der Waals surface area contributed by atoms with E-state index in [1.54, 1.807) is 6.20 Å². The van der Waals surface area contributed by atoms with Gasteiger partial charge in [0, 0.05) is 29.9 Å². The molecule has 1 unspecified atom stereocenters. The summed E-state index contributed by atoms with van der Waals surface area (Å²) < 4.78 is 26.7. The van der Waals surface area contributed by atoms with Crippen LogP contribution in [0.15, 0.2) is 36.5 Å². The van der Waals surface area contributed by atoms with Crippen LogP contribution in [-0.2, 0) is 19.3 Å². The second-order valence-corrected chi connectivity index (χ2v) is 8.08. The summed E-state index contributed by atoms with van der Waals surface area (Å²) in [5.41, 5.74) is 3.75. The zero-order chi connectivity index (χ0) is 20.9. The molecule has 0 saturated carbocycles. The fraction of sp³-hybridized carbons (Fsp3) is 0.417. The number of pyridine rings is 2. The Balaban J connectivity index is 1.21. The van der Waals surface area contributed by atoms with Gasteiger partial charge in [-0.1, -0.05) is 12.5 Å². The molecular weight excluding hydrogens is 384 g/mol. The number of unbranched alkanes of at least 4 members (excludes halogenated alkanes) is 1. The van der Waals surface area contributed by atoms with Gasteiger partial charge in [-0.05, 0) is 74.3 Å². The lowest BCUT2D eigenvalue weighted by molar-refractivity contribution is 0.151. The first kappa shape index (κ1) is 20.7. The van der Waals surface area contributed by atoms with Gasteiger partial charge in [0.1, 0.15) is 5.82 Å². The number of fused-ring (bicyclic) bond motifs is 2. The van der Waals surface area contributed by atoms with Crippen molar-refractivity contribution in [2.75, 3.05) is 11.9 Å². The van der Waals surface area contributed by atoms with Gasteiger partial charge < -0.3 is 10.4 Å². The molecular formula is C24H27F2N3O. The summed E-state index contributed by atoms with van der Waals surface area (Å²) in [7, 11) is 0. The standard InChI is InChI=1S/C24H27F2N3O/c25-21-13-18-12-16(15-28-23(18)14-22(21)26)7-10-20(30)6-2-1-5-19-9-8-17-4-3-11-27-24(17)29-19/h8-9,12-15,20,30H,1-7,10-11H2,(H,27,29). The number of aliphatic hydroxyl groups is 1. The summed E-state index contributed by atoms with van der Waals surface area (Å²) in [5.74, 6) is -0.726. The predicted octanol–water partition coefficient (Wildman–Crippen LogP) is 4.97. The third-order valence-electron chi connectivity index (χ3n) is 5.72. The number of halogens is 2.